The maximum Gasteiger partial charge on any atom is 0.342 e. The van der Waals surface area contributed by atoms with Gasteiger partial charge >= 0.3 is 5.97 Å². The average molecular weight is 150 g/mol. The molecule has 1 aliphatic rings. The van der Waals surface area contributed by atoms with Gasteiger partial charge in [0.2, 0.25) is 5.67 Å². The largest absolute Gasteiger partial charge is 0.479 e. The topological polar surface area (TPSA) is 37.3 Å². The summed E-state index contributed by atoms with van der Waals surface area (Å²) in [6.45, 7) is 0. The van der Waals surface area contributed by atoms with Crippen molar-refractivity contribution in [2.24, 2.45) is 0 Å². The summed E-state index contributed by atoms with van der Waals surface area (Å²) in [4.78, 5) is 10.1. The second-order valence-corrected chi connectivity index (χ2v) is 3.18. The molecule has 1 rings (SSSR count). The Bertz CT molecular complexity index is 131. The molecule has 1 fully saturated rings. The van der Waals surface area contributed by atoms with Gasteiger partial charge in [-0.05, 0) is 5.75 Å². The van der Waals surface area contributed by atoms with Crippen molar-refractivity contribution in [3.63, 3.8) is 0 Å². The van der Waals surface area contributed by atoms with Gasteiger partial charge in [-0.1, -0.05) is 0 Å². The van der Waals surface area contributed by atoms with Crippen LogP contribution in [0.3, 0.4) is 0 Å². The fraction of sp³-hybridized carbons (Fsp3) is 0.800. The molecule has 2 nitrogen and oxygen atoms in total. The highest BCUT2D eigenvalue weighted by Crippen LogP contribution is 2.31. The van der Waals surface area contributed by atoms with Crippen LogP contribution in [0.15, 0.2) is 0 Å². The summed E-state index contributed by atoms with van der Waals surface area (Å²) in [7, 11) is 0. The van der Waals surface area contributed by atoms with Gasteiger partial charge in [-0.15, -0.1) is 0 Å². The van der Waals surface area contributed by atoms with E-state index >= 15 is 0 Å². The predicted molar refractivity (Wildman–Crippen MR) is 33.4 cm³/mol. The van der Waals surface area contributed by atoms with E-state index in [1.54, 1.807) is 0 Å². The number of hydrogen-bond acceptors (Lipinski definition) is 2. The van der Waals surface area contributed by atoms with Crippen LogP contribution in [0.2, 0.25) is 0 Å². The van der Waals surface area contributed by atoms with E-state index in [0.717, 1.165) is 0 Å². The van der Waals surface area contributed by atoms with Crippen LogP contribution in [0.4, 0.5) is 4.39 Å². The van der Waals surface area contributed by atoms with Crippen LogP contribution in [0.25, 0.3) is 0 Å². The third-order valence-electron chi connectivity index (χ3n) is 1.36. The first kappa shape index (κ1) is 6.86. The number of carboxylic acids is 1. The van der Waals surface area contributed by atoms with Crippen molar-refractivity contribution >= 4 is 17.7 Å². The highest BCUT2D eigenvalue weighted by Gasteiger charge is 2.41. The van der Waals surface area contributed by atoms with E-state index in [1.165, 1.54) is 11.8 Å². The van der Waals surface area contributed by atoms with Gasteiger partial charge < -0.3 is 5.11 Å². The number of thioether (sulfide) groups is 1. The first-order chi connectivity index (χ1) is 4.15. The summed E-state index contributed by atoms with van der Waals surface area (Å²) >= 11 is 1.35. The van der Waals surface area contributed by atoms with E-state index in [1.807, 2.05) is 0 Å². The zero-order chi connectivity index (χ0) is 6.91. The van der Waals surface area contributed by atoms with Gasteiger partial charge in [0, 0.05) is 12.2 Å². The first-order valence-electron chi connectivity index (χ1n) is 2.65. The van der Waals surface area contributed by atoms with Crippen molar-refractivity contribution in [1.29, 1.82) is 0 Å². The molecule has 1 aliphatic heterocycles. The lowest BCUT2D eigenvalue weighted by Gasteiger charge is -2.09. The molecule has 0 spiro atoms. The van der Waals surface area contributed by atoms with Gasteiger partial charge in [-0.3, -0.25) is 0 Å². The highest BCUT2D eigenvalue weighted by atomic mass is 32.2. The number of carbonyl (C=O) groups is 1. The van der Waals surface area contributed by atoms with E-state index in [-0.39, 0.29) is 12.2 Å². The third kappa shape index (κ3) is 1.18. The summed E-state index contributed by atoms with van der Waals surface area (Å²) < 4.78 is 12.8. The molecule has 0 aliphatic carbocycles. The van der Waals surface area contributed by atoms with Crippen molar-refractivity contribution in [2.75, 3.05) is 11.5 Å². The molecule has 0 amide bonds. The van der Waals surface area contributed by atoms with Gasteiger partial charge in [0.25, 0.3) is 0 Å². The molecule has 52 valence electrons. The Morgan fingerprint density at radius 2 is 2.44 bits per heavy atom. The van der Waals surface area contributed by atoms with Crippen LogP contribution >= 0.6 is 11.8 Å². The number of halogens is 1. The summed E-state index contributed by atoms with van der Waals surface area (Å²) in [6, 6.07) is 0. The molecule has 1 saturated heterocycles. The Kier molecular flexibility index (Phi) is 1.66. The Morgan fingerprint density at radius 3 is 2.67 bits per heavy atom. The molecule has 0 aromatic rings. The zero-order valence-corrected chi connectivity index (χ0v) is 5.58. The third-order valence-corrected chi connectivity index (χ3v) is 2.51. The first-order valence-corrected chi connectivity index (χ1v) is 3.81. The van der Waals surface area contributed by atoms with Crippen molar-refractivity contribution in [1.82, 2.24) is 0 Å². The molecule has 9 heavy (non-hydrogen) atoms. The van der Waals surface area contributed by atoms with Gasteiger partial charge in [0.1, 0.15) is 0 Å². The van der Waals surface area contributed by atoms with Crippen LogP contribution in [-0.2, 0) is 4.79 Å². The Hall–Kier alpha value is -0.250. The van der Waals surface area contributed by atoms with Crippen LogP contribution in [0.5, 0.6) is 0 Å². The molecular formula is C5H7FO2S. The Labute approximate surface area is 56.4 Å². The van der Waals surface area contributed by atoms with Gasteiger partial charge in [0.15, 0.2) is 0 Å². The molecule has 1 atom stereocenters. The van der Waals surface area contributed by atoms with Gasteiger partial charge in [0.05, 0.1) is 0 Å². The number of aliphatic carboxylic acids is 1. The lowest BCUT2D eigenvalue weighted by Crippen LogP contribution is -2.32. The van der Waals surface area contributed by atoms with Crippen LogP contribution in [-0.4, -0.2) is 28.3 Å². The predicted octanol–water partition coefficient (Wildman–Crippen LogP) is 0.916. The maximum atomic E-state index is 12.8. The number of rotatable bonds is 1. The smallest absolute Gasteiger partial charge is 0.342 e. The number of alkyl halides is 1. The molecular weight excluding hydrogens is 143 g/mol. The molecule has 1 heterocycles. The monoisotopic (exact) mass is 150 g/mol. The second-order valence-electron chi connectivity index (χ2n) is 2.07. The molecule has 0 radical (unpaired) electrons. The summed E-state index contributed by atoms with van der Waals surface area (Å²) in [5.74, 6) is -0.571. The molecule has 0 aromatic heterocycles. The minimum atomic E-state index is -1.93. The minimum absolute atomic E-state index is 0.113. The van der Waals surface area contributed by atoms with E-state index in [4.69, 9.17) is 5.11 Å². The number of carboxylic acid groups (broad SMARTS) is 1. The maximum absolute atomic E-state index is 12.8. The van der Waals surface area contributed by atoms with Crippen LogP contribution in [0, 0.1) is 0 Å². The summed E-state index contributed by atoms with van der Waals surface area (Å²) in [5, 5.41) is 8.28. The molecule has 0 aromatic carbocycles. The van der Waals surface area contributed by atoms with Crippen LogP contribution in [0.1, 0.15) is 6.42 Å². The van der Waals surface area contributed by atoms with E-state index in [0.29, 0.717) is 5.75 Å². The van der Waals surface area contributed by atoms with Crippen molar-refractivity contribution < 1.29 is 14.3 Å². The SMILES string of the molecule is O=C(O)C1(F)CCSC1. The van der Waals surface area contributed by atoms with Crippen molar-refractivity contribution in [2.45, 2.75) is 12.1 Å². The fourth-order valence-electron chi connectivity index (χ4n) is 0.709. The van der Waals surface area contributed by atoms with E-state index in [9.17, 15) is 9.18 Å². The van der Waals surface area contributed by atoms with Crippen molar-refractivity contribution in [3.05, 3.63) is 0 Å². The molecule has 1 unspecified atom stereocenters. The lowest BCUT2D eigenvalue weighted by atomic mass is 10.1. The zero-order valence-electron chi connectivity index (χ0n) is 4.76. The normalized spacial score (nSPS) is 34.8. The Morgan fingerprint density at radius 1 is 1.78 bits per heavy atom. The highest BCUT2D eigenvalue weighted by molar-refractivity contribution is 7.99. The van der Waals surface area contributed by atoms with Gasteiger partial charge in [-0.2, -0.15) is 11.8 Å². The summed E-state index contributed by atoms with van der Waals surface area (Å²) in [6.07, 6.45) is 0.160. The quantitative estimate of drug-likeness (QED) is 0.603. The van der Waals surface area contributed by atoms with E-state index in [2.05, 4.69) is 0 Å². The van der Waals surface area contributed by atoms with Crippen molar-refractivity contribution in [3.8, 4) is 0 Å². The molecule has 1 N–H and O–H groups in total. The van der Waals surface area contributed by atoms with Crippen LogP contribution < -0.4 is 0 Å². The summed E-state index contributed by atoms with van der Waals surface area (Å²) in [5.41, 5.74) is -1.93. The second kappa shape index (κ2) is 2.17. The van der Waals surface area contributed by atoms with E-state index < -0.39 is 11.6 Å². The molecule has 4 heteroatoms. The lowest BCUT2D eigenvalue weighted by molar-refractivity contribution is -0.149. The van der Waals surface area contributed by atoms with Gasteiger partial charge in [-0.25, -0.2) is 9.18 Å². The minimum Gasteiger partial charge on any atom is -0.479 e. The number of hydrogen-bond donors (Lipinski definition) is 1. The molecule has 0 bridgehead atoms. The Balaban J connectivity index is 2.61. The fourth-order valence-corrected chi connectivity index (χ4v) is 1.91. The average Bonchev–Trinajstić information content (AvgIpc) is 2.16. The standard InChI is InChI=1S/C5H7FO2S/c6-5(4(7)8)1-2-9-3-5/h1-3H2,(H,7,8). The molecule has 0 saturated carbocycles.